The Labute approximate surface area is 131 Å². The van der Waals surface area contributed by atoms with Crippen molar-refractivity contribution in [1.82, 2.24) is 5.43 Å². The predicted molar refractivity (Wildman–Crippen MR) is 85.3 cm³/mol. The first-order valence-electron chi connectivity index (χ1n) is 6.10. The summed E-state index contributed by atoms with van der Waals surface area (Å²) in [6.07, 6.45) is 0.776. The number of hydrogen-bond acceptors (Lipinski definition) is 5. The lowest BCUT2D eigenvalue weighted by Gasteiger charge is -2.20. The number of hydrazine groups is 1. The second kappa shape index (κ2) is 7.08. The van der Waals surface area contributed by atoms with E-state index in [0.29, 0.717) is 11.5 Å². The van der Waals surface area contributed by atoms with Gasteiger partial charge in [-0.1, -0.05) is 12.1 Å². The minimum Gasteiger partial charge on any atom is -0.493 e. The predicted octanol–water partition coefficient (Wildman–Crippen LogP) is 3.27. The highest BCUT2D eigenvalue weighted by atomic mass is 79.9. The van der Waals surface area contributed by atoms with Crippen LogP contribution in [0.3, 0.4) is 0 Å². The molecular formula is C14H17BrN2O2S. The van der Waals surface area contributed by atoms with Gasteiger partial charge in [0.15, 0.2) is 11.5 Å². The first kappa shape index (κ1) is 15.3. The minimum atomic E-state index is -0.0463. The molecule has 1 unspecified atom stereocenters. The number of para-hydroxylation sites is 1. The number of ether oxygens (including phenoxy) is 2. The van der Waals surface area contributed by atoms with E-state index in [0.717, 1.165) is 16.5 Å². The number of rotatable bonds is 6. The van der Waals surface area contributed by atoms with E-state index in [1.54, 1.807) is 25.6 Å². The fourth-order valence-corrected chi connectivity index (χ4v) is 3.66. The molecule has 0 saturated heterocycles. The number of thiophene rings is 1. The molecule has 4 nitrogen and oxygen atoms in total. The molecule has 0 saturated carbocycles. The van der Waals surface area contributed by atoms with Gasteiger partial charge in [0.2, 0.25) is 0 Å². The van der Waals surface area contributed by atoms with Crippen LogP contribution in [0, 0.1) is 0 Å². The van der Waals surface area contributed by atoms with E-state index in [4.69, 9.17) is 15.3 Å². The molecular weight excluding hydrogens is 340 g/mol. The van der Waals surface area contributed by atoms with E-state index in [9.17, 15) is 0 Å². The Morgan fingerprint density at radius 1 is 1.30 bits per heavy atom. The summed E-state index contributed by atoms with van der Waals surface area (Å²) in [7, 11) is 3.26. The zero-order valence-corrected chi connectivity index (χ0v) is 13.8. The minimum absolute atomic E-state index is 0.0463. The molecule has 1 heterocycles. The fourth-order valence-electron chi connectivity index (χ4n) is 2.10. The van der Waals surface area contributed by atoms with Gasteiger partial charge in [0.25, 0.3) is 0 Å². The van der Waals surface area contributed by atoms with Gasteiger partial charge in [-0.15, -0.1) is 11.3 Å². The Kier molecular flexibility index (Phi) is 5.42. The molecule has 0 bridgehead atoms. The molecule has 0 amide bonds. The largest absolute Gasteiger partial charge is 0.493 e. The van der Waals surface area contributed by atoms with Gasteiger partial charge in [-0.05, 0) is 33.4 Å². The molecule has 2 rings (SSSR count). The third-order valence-electron chi connectivity index (χ3n) is 3.09. The van der Waals surface area contributed by atoms with Crippen LogP contribution in [0.15, 0.2) is 34.1 Å². The second-order valence-corrected chi connectivity index (χ2v) is 6.05. The zero-order chi connectivity index (χ0) is 14.5. The molecule has 0 spiro atoms. The Balaban J connectivity index is 2.34. The SMILES string of the molecule is COc1cccc(C(Cc2sccc2Br)NN)c1OC. The van der Waals surface area contributed by atoms with Gasteiger partial charge in [-0.3, -0.25) is 11.3 Å². The summed E-state index contributed by atoms with van der Waals surface area (Å²) in [4.78, 5) is 1.23. The van der Waals surface area contributed by atoms with Crippen molar-refractivity contribution in [3.8, 4) is 11.5 Å². The molecule has 1 aromatic heterocycles. The van der Waals surface area contributed by atoms with E-state index in [-0.39, 0.29) is 6.04 Å². The lowest BCUT2D eigenvalue weighted by molar-refractivity contribution is 0.346. The van der Waals surface area contributed by atoms with Gasteiger partial charge in [-0.2, -0.15) is 0 Å². The maximum atomic E-state index is 5.73. The van der Waals surface area contributed by atoms with E-state index in [1.807, 2.05) is 24.3 Å². The molecule has 0 radical (unpaired) electrons. The highest BCUT2D eigenvalue weighted by Crippen LogP contribution is 2.37. The van der Waals surface area contributed by atoms with Gasteiger partial charge < -0.3 is 9.47 Å². The van der Waals surface area contributed by atoms with Crippen LogP contribution in [-0.2, 0) is 6.42 Å². The molecule has 2 aromatic rings. The molecule has 0 aliphatic rings. The fraction of sp³-hybridized carbons (Fsp3) is 0.286. The highest BCUT2D eigenvalue weighted by Gasteiger charge is 2.19. The van der Waals surface area contributed by atoms with E-state index >= 15 is 0 Å². The number of nitrogens with one attached hydrogen (secondary N) is 1. The molecule has 1 aromatic carbocycles. The summed E-state index contributed by atoms with van der Waals surface area (Å²) in [5.41, 5.74) is 3.84. The summed E-state index contributed by atoms with van der Waals surface area (Å²) in [6.45, 7) is 0. The van der Waals surface area contributed by atoms with Gasteiger partial charge >= 0.3 is 0 Å². The van der Waals surface area contributed by atoms with E-state index in [1.165, 1.54) is 4.88 Å². The van der Waals surface area contributed by atoms with Crippen LogP contribution in [-0.4, -0.2) is 14.2 Å². The van der Waals surface area contributed by atoms with Gasteiger partial charge in [-0.25, -0.2) is 0 Å². The smallest absolute Gasteiger partial charge is 0.165 e. The first-order chi connectivity index (χ1) is 9.71. The Morgan fingerprint density at radius 3 is 2.65 bits per heavy atom. The maximum Gasteiger partial charge on any atom is 0.165 e. The van der Waals surface area contributed by atoms with Crippen molar-refractivity contribution >= 4 is 27.3 Å². The van der Waals surface area contributed by atoms with Crippen LogP contribution in [0.1, 0.15) is 16.5 Å². The molecule has 1 atom stereocenters. The molecule has 108 valence electrons. The third-order valence-corrected chi connectivity index (χ3v) is 5.04. The van der Waals surface area contributed by atoms with Crippen molar-refractivity contribution < 1.29 is 9.47 Å². The highest BCUT2D eigenvalue weighted by molar-refractivity contribution is 9.10. The van der Waals surface area contributed by atoms with Crippen molar-refractivity contribution in [3.05, 3.63) is 44.6 Å². The molecule has 0 aliphatic heterocycles. The van der Waals surface area contributed by atoms with Gasteiger partial charge in [0.05, 0.1) is 20.3 Å². The molecule has 6 heteroatoms. The molecule has 0 aliphatic carbocycles. The number of nitrogens with two attached hydrogens (primary N) is 1. The molecule has 0 fully saturated rings. The van der Waals surface area contributed by atoms with Crippen molar-refractivity contribution in [1.29, 1.82) is 0 Å². The zero-order valence-electron chi connectivity index (χ0n) is 11.4. The average Bonchev–Trinajstić information content (AvgIpc) is 2.88. The first-order valence-corrected chi connectivity index (χ1v) is 7.77. The van der Waals surface area contributed by atoms with Crippen molar-refractivity contribution in [3.63, 3.8) is 0 Å². The number of hydrogen-bond donors (Lipinski definition) is 2. The van der Waals surface area contributed by atoms with Crippen LogP contribution in [0.4, 0.5) is 0 Å². The van der Waals surface area contributed by atoms with Gasteiger partial charge in [0, 0.05) is 21.3 Å². The number of methoxy groups -OCH3 is 2. The standard InChI is InChI=1S/C14H17BrN2O2S/c1-18-12-5-3-4-9(14(12)19-2)11(17-16)8-13-10(15)6-7-20-13/h3-7,11,17H,8,16H2,1-2H3. The number of halogens is 1. The monoisotopic (exact) mass is 356 g/mol. The molecule has 20 heavy (non-hydrogen) atoms. The van der Waals surface area contributed by atoms with E-state index in [2.05, 4.69) is 26.7 Å². The van der Waals surface area contributed by atoms with Gasteiger partial charge in [0.1, 0.15) is 0 Å². The van der Waals surface area contributed by atoms with Crippen molar-refractivity contribution in [2.75, 3.05) is 14.2 Å². The average molecular weight is 357 g/mol. The second-order valence-electron chi connectivity index (χ2n) is 4.20. The van der Waals surface area contributed by atoms with Crippen molar-refractivity contribution in [2.24, 2.45) is 5.84 Å². The van der Waals surface area contributed by atoms with Crippen LogP contribution in [0.2, 0.25) is 0 Å². The molecule has 3 N–H and O–H groups in total. The topological polar surface area (TPSA) is 56.5 Å². The quantitative estimate of drug-likeness (QED) is 0.615. The van der Waals surface area contributed by atoms with Crippen LogP contribution < -0.4 is 20.7 Å². The third kappa shape index (κ3) is 3.15. The Hall–Kier alpha value is -1.08. The maximum absolute atomic E-state index is 5.73. The van der Waals surface area contributed by atoms with E-state index < -0.39 is 0 Å². The number of benzene rings is 1. The lowest BCUT2D eigenvalue weighted by atomic mass is 10.0. The Bertz CT molecular complexity index is 574. The summed E-state index contributed by atoms with van der Waals surface area (Å²) in [5, 5.41) is 2.05. The normalized spacial score (nSPS) is 12.2. The van der Waals surface area contributed by atoms with Crippen LogP contribution in [0.5, 0.6) is 11.5 Å². The van der Waals surface area contributed by atoms with Crippen LogP contribution in [0.25, 0.3) is 0 Å². The van der Waals surface area contributed by atoms with Crippen LogP contribution >= 0.6 is 27.3 Å². The summed E-state index contributed by atoms with van der Waals surface area (Å²) in [6, 6.07) is 7.79. The van der Waals surface area contributed by atoms with Crippen molar-refractivity contribution in [2.45, 2.75) is 12.5 Å². The summed E-state index contributed by atoms with van der Waals surface area (Å²) in [5.74, 6) is 7.15. The lowest BCUT2D eigenvalue weighted by Crippen LogP contribution is -2.29. The summed E-state index contributed by atoms with van der Waals surface area (Å²) >= 11 is 5.24. The Morgan fingerprint density at radius 2 is 2.10 bits per heavy atom. The summed E-state index contributed by atoms with van der Waals surface area (Å²) < 4.78 is 11.9.